The van der Waals surface area contributed by atoms with Crippen LogP contribution in [0.3, 0.4) is 0 Å². The van der Waals surface area contributed by atoms with Crippen LogP contribution in [0.25, 0.3) is 16.9 Å². The van der Waals surface area contributed by atoms with Gasteiger partial charge in [0.05, 0.1) is 29.3 Å². The zero-order valence-corrected chi connectivity index (χ0v) is 14.3. The Morgan fingerprint density at radius 1 is 1.07 bits per heavy atom. The van der Waals surface area contributed by atoms with Crippen LogP contribution in [0.5, 0.6) is 0 Å². The minimum atomic E-state index is -0.334. The highest BCUT2D eigenvalue weighted by Gasteiger charge is 2.15. The molecule has 0 fully saturated rings. The molecule has 0 saturated carbocycles. The van der Waals surface area contributed by atoms with Gasteiger partial charge >= 0.3 is 0 Å². The van der Waals surface area contributed by atoms with Gasteiger partial charge in [0.25, 0.3) is 5.91 Å². The molecule has 0 aliphatic heterocycles. The summed E-state index contributed by atoms with van der Waals surface area (Å²) in [5.74, 6) is -0.602. The molecule has 4 aromatic rings. The van der Waals surface area contributed by atoms with Crippen LogP contribution in [0.2, 0.25) is 0 Å². The quantitative estimate of drug-likeness (QED) is 0.572. The van der Waals surface area contributed by atoms with Crippen molar-refractivity contribution in [3.8, 4) is 16.9 Å². The van der Waals surface area contributed by atoms with Crippen molar-refractivity contribution in [1.29, 1.82) is 0 Å². The van der Waals surface area contributed by atoms with Crippen LogP contribution in [0, 0.1) is 5.82 Å². The molecule has 2 aromatic carbocycles. The van der Waals surface area contributed by atoms with Crippen molar-refractivity contribution in [3.05, 3.63) is 90.1 Å². The van der Waals surface area contributed by atoms with Gasteiger partial charge in [-0.3, -0.25) is 9.89 Å². The standard InChI is InChI=1S/C20H16FN5O/c21-16-8-6-15(7-9-16)19-18(12-23-25-19)20(27)22-10-14-11-24-26(13-14)17-4-2-1-3-5-17/h1-9,11-13H,10H2,(H,22,27)(H,23,25). The Bertz CT molecular complexity index is 1050. The van der Waals surface area contributed by atoms with E-state index in [9.17, 15) is 9.18 Å². The highest BCUT2D eigenvalue weighted by molar-refractivity contribution is 5.99. The number of H-pyrrole nitrogens is 1. The maximum atomic E-state index is 13.1. The summed E-state index contributed by atoms with van der Waals surface area (Å²) in [6.45, 7) is 0.333. The lowest BCUT2D eigenvalue weighted by molar-refractivity contribution is 0.0951. The number of amides is 1. The number of aromatic amines is 1. The third-order valence-electron chi connectivity index (χ3n) is 4.13. The molecule has 0 spiro atoms. The molecule has 0 atom stereocenters. The Morgan fingerprint density at radius 2 is 1.85 bits per heavy atom. The summed E-state index contributed by atoms with van der Waals surface area (Å²) in [5.41, 5.74) is 3.46. The number of rotatable bonds is 5. The van der Waals surface area contributed by atoms with E-state index < -0.39 is 0 Å². The van der Waals surface area contributed by atoms with E-state index in [1.54, 1.807) is 23.0 Å². The summed E-state index contributed by atoms with van der Waals surface area (Å²) >= 11 is 0. The molecule has 0 saturated heterocycles. The molecule has 0 aliphatic carbocycles. The van der Waals surface area contributed by atoms with Crippen molar-refractivity contribution in [2.75, 3.05) is 0 Å². The summed E-state index contributed by atoms with van der Waals surface area (Å²) in [7, 11) is 0. The second-order valence-corrected chi connectivity index (χ2v) is 5.98. The van der Waals surface area contributed by atoms with Gasteiger partial charge in [0.2, 0.25) is 0 Å². The van der Waals surface area contributed by atoms with E-state index in [-0.39, 0.29) is 11.7 Å². The lowest BCUT2D eigenvalue weighted by atomic mass is 10.1. The van der Waals surface area contributed by atoms with E-state index in [1.807, 2.05) is 36.5 Å². The molecule has 4 rings (SSSR count). The predicted molar refractivity (Wildman–Crippen MR) is 98.7 cm³/mol. The summed E-state index contributed by atoms with van der Waals surface area (Å²) in [6, 6.07) is 15.6. The first kappa shape index (κ1) is 16.7. The number of carbonyl (C=O) groups is 1. The third kappa shape index (κ3) is 3.62. The van der Waals surface area contributed by atoms with E-state index in [2.05, 4.69) is 20.6 Å². The molecule has 7 heteroatoms. The highest BCUT2D eigenvalue weighted by atomic mass is 19.1. The Balaban J connectivity index is 1.46. The second kappa shape index (κ2) is 7.25. The fourth-order valence-corrected chi connectivity index (χ4v) is 2.75. The number of halogens is 1. The number of hydrogen-bond acceptors (Lipinski definition) is 3. The first-order valence-electron chi connectivity index (χ1n) is 8.37. The van der Waals surface area contributed by atoms with Crippen LogP contribution in [0.15, 0.2) is 73.2 Å². The van der Waals surface area contributed by atoms with Gasteiger partial charge in [0, 0.05) is 23.9 Å². The molecule has 0 aliphatic rings. The zero-order chi connectivity index (χ0) is 18.6. The van der Waals surface area contributed by atoms with E-state index in [0.29, 0.717) is 23.4 Å². The average Bonchev–Trinajstić information content (AvgIpc) is 3.37. The van der Waals surface area contributed by atoms with Crippen molar-refractivity contribution in [1.82, 2.24) is 25.3 Å². The van der Waals surface area contributed by atoms with Gasteiger partial charge in [0.15, 0.2) is 0 Å². The molecule has 2 N–H and O–H groups in total. The Morgan fingerprint density at radius 3 is 2.63 bits per heavy atom. The van der Waals surface area contributed by atoms with Gasteiger partial charge in [0.1, 0.15) is 5.82 Å². The Hall–Kier alpha value is -3.74. The zero-order valence-electron chi connectivity index (χ0n) is 14.3. The SMILES string of the molecule is O=C(NCc1cnn(-c2ccccc2)c1)c1cn[nH]c1-c1ccc(F)cc1. The molecule has 1 amide bonds. The summed E-state index contributed by atoms with van der Waals surface area (Å²) in [4.78, 5) is 12.5. The topological polar surface area (TPSA) is 75.6 Å². The van der Waals surface area contributed by atoms with Gasteiger partial charge in [-0.25, -0.2) is 9.07 Å². The monoisotopic (exact) mass is 361 g/mol. The minimum absolute atomic E-state index is 0.268. The number of benzene rings is 2. The maximum Gasteiger partial charge on any atom is 0.255 e. The van der Waals surface area contributed by atoms with E-state index in [4.69, 9.17) is 0 Å². The number of para-hydroxylation sites is 1. The summed E-state index contributed by atoms with van der Waals surface area (Å²) in [6.07, 6.45) is 5.04. The van der Waals surface area contributed by atoms with Gasteiger partial charge in [-0.15, -0.1) is 0 Å². The van der Waals surface area contributed by atoms with E-state index >= 15 is 0 Å². The molecule has 2 aromatic heterocycles. The second-order valence-electron chi connectivity index (χ2n) is 5.98. The van der Waals surface area contributed by atoms with Crippen molar-refractivity contribution >= 4 is 5.91 Å². The van der Waals surface area contributed by atoms with Crippen molar-refractivity contribution in [3.63, 3.8) is 0 Å². The molecule has 6 nitrogen and oxygen atoms in total. The van der Waals surface area contributed by atoms with Crippen LogP contribution >= 0.6 is 0 Å². The average molecular weight is 361 g/mol. The maximum absolute atomic E-state index is 13.1. The van der Waals surface area contributed by atoms with Gasteiger partial charge in [-0.05, 0) is 36.4 Å². The lowest BCUT2D eigenvalue weighted by Crippen LogP contribution is -2.22. The van der Waals surface area contributed by atoms with Crippen LogP contribution in [-0.2, 0) is 6.54 Å². The smallest absolute Gasteiger partial charge is 0.255 e. The number of aromatic nitrogens is 4. The molecular formula is C20H16FN5O. The molecule has 0 unspecified atom stereocenters. The predicted octanol–water partition coefficient (Wildman–Crippen LogP) is 3.33. The normalized spacial score (nSPS) is 10.7. The molecule has 2 heterocycles. The number of nitrogens with one attached hydrogen (secondary N) is 2. The fraction of sp³-hybridized carbons (Fsp3) is 0.0500. The number of nitrogens with zero attached hydrogens (tertiary/aromatic N) is 3. The highest BCUT2D eigenvalue weighted by Crippen LogP contribution is 2.21. The van der Waals surface area contributed by atoms with Crippen LogP contribution < -0.4 is 5.32 Å². The summed E-state index contributed by atoms with van der Waals surface area (Å²) < 4.78 is 14.9. The van der Waals surface area contributed by atoms with Gasteiger partial charge in [-0.1, -0.05) is 18.2 Å². The Labute approximate surface area is 154 Å². The Kier molecular flexibility index (Phi) is 4.49. The molecule has 27 heavy (non-hydrogen) atoms. The number of hydrogen-bond donors (Lipinski definition) is 2. The van der Waals surface area contributed by atoms with Crippen LogP contribution in [-0.4, -0.2) is 25.9 Å². The molecule has 0 bridgehead atoms. The third-order valence-corrected chi connectivity index (χ3v) is 4.13. The van der Waals surface area contributed by atoms with Gasteiger partial charge < -0.3 is 5.32 Å². The lowest BCUT2D eigenvalue weighted by Gasteiger charge is -2.05. The van der Waals surface area contributed by atoms with Gasteiger partial charge in [-0.2, -0.15) is 10.2 Å². The number of carbonyl (C=O) groups excluding carboxylic acids is 1. The molecular weight excluding hydrogens is 345 g/mol. The van der Waals surface area contributed by atoms with Crippen molar-refractivity contribution < 1.29 is 9.18 Å². The van der Waals surface area contributed by atoms with E-state index in [0.717, 1.165) is 11.3 Å². The first-order valence-corrected chi connectivity index (χ1v) is 8.37. The first-order chi connectivity index (χ1) is 13.2. The van der Waals surface area contributed by atoms with E-state index in [1.165, 1.54) is 18.3 Å². The largest absolute Gasteiger partial charge is 0.348 e. The molecule has 134 valence electrons. The van der Waals surface area contributed by atoms with Crippen molar-refractivity contribution in [2.45, 2.75) is 6.54 Å². The minimum Gasteiger partial charge on any atom is -0.348 e. The van der Waals surface area contributed by atoms with Crippen LogP contribution in [0.1, 0.15) is 15.9 Å². The van der Waals surface area contributed by atoms with Crippen LogP contribution in [0.4, 0.5) is 4.39 Å². The molecule has 0 radical (unpaired) electrons. The summed E-state index contributed by atoms with van der Waals surface area (Å²) in [5, 5.41) is 13.9. The van der Waals surface area contributed by atoms with Crippen molar-refractivity contribution in [2.24, 2.45) is 0 Å². The fourth-order valence-electron chi connectivity index (χ4n) is 2.75.